The van der Waals surface area contributed by atoms with Crippen LogP contribution in [0.5, 0.6) is 5.75 Å². The first-order chi connectivity index (χ1) is 8.08. The molecule has 2 atom stereocenters. The normalized spacial score (nSPS) is 23.2. The molecule has 1 aromatic carbocycles. The van der Waals surface area contributed by atoms with Crippen LogP contribution in [0.15, 0.2) is 24.3 Å². The van der Waals surface area contributed by atoms with Gasteiger partial charge in [0.25, 0.3) is 0 Å². The molecule has 0 spiro atoms. The standard InChI is InChI=1S/C14H18O3/c1-9(2)17-11-5-3-10(4-6-11)12-7-8-13(12)14(15)16/h3-6,9,12-13H,7-8H2,1-2H3,(H,15,16). The van der Waals surface area contributed by atoms with E-state index in [9.17, 15) is 4.79 Å². The SMILES string of the molecule is CC(C)Oc1ccc(C2CCC2C(=O)O)cc1. The summed E-state index contributed by atoms with van der Waals surface area (Å²) < 4.78 is 5.56. The van der Waals surface area contributed by atoms with Gasteiger partial charge in [0.1, 0.15) is 5.75 Å². The fourth-order valence-electron chi connectivity index (χ4n) is 2.26. The molecule has 0 radical (unpaired) electrons. The maximum Gasteiger partial charge on any atom is 0.307 e. The number of rotatable bonds is 4. The van der Waals surface area contributed by atoms with Crippen molar-refractivity contribution in [1.29, 1.82) is 0 Å². The Labute approximate surface area is 101 Å². The Morgan fingerprint density at radius 1 is 1.29 bits per heavy atom. The van der Waals surface area contributed by atoms with Gasteiger partial charge in [-0.05, 0) is 50.3 Å². The van der Waals surface area contributed by atoms with E-state index < -0.39 is 5.97 Å². The Morgan fingerprint density at radius 2 is 1.94 bits per heavy atom. The van der Waals surface area contributed by atoms with E-state index in [2.05, 4.69) is 0 Å². The molecule has 1 aliphatic rings. The highest BCUT2D eigenvalue weighted by atomic mass is 16.5. The van der Waals surface area contributed by atoms with Crippen molar-refractivity contribution < 1.29 is 14.6 Å². The fourth-order valence-corrected chi connectivity index (χ4v) is 2.26. The number of aliphatic carboxylic acids is 1. The number of carboxylic acids is 1. The molecule has 0 saturated heterocycles. The van der Waals surface area contributed by atoms with Crippen molar-refractivity contribution in [3.63, 3.8) is 0 Å². The van der Waals surface area contributed by atoms with E-state index in [-0.39, 0.29) is 17.9 Å². The highest BCUT2D eigenvalue weighted by molar-refractivity contribution is 5.72. The summed E-state index contributed by atoms with van der Waals surface area (Å²) in [5.41, 5.74) is 1.11. The molecule has 17 heavy (non-hydrogen) atoms. The zero-order valence-electron chi connectivity index (χ0n) is 10.2. The Bertz CT molecular complexity index is 394. The minimum Gasteiger partial charge on any atom is -0.491 e. The quantitative estimate of drug-likeness (QED) is 0.871. The zero-order valence-corrected chi connectivity index (χ0v) is 10.2. The predicted molar refractivity (Wildman–Crippen MR) is 65.3 cm³/mol. The molecule has 0 aromatic heterocycles. The lowest BCUT2D eigenvalue weighted by molar-refractivity contribution is -0.145. The lowest BCUT2D eigenvalue weighted by atomic mass is 9.70. The van der Waals surface area contributed by atoms with Crippen LogP contribution in [0.2, 0.25) is 0 Å². The number of benzene rings is 1. The summed E-state index contributed by atoms with van der Waals surface area (Å²) in [5, 5.41) is 9.01. The second-order valence-corrected chi connectivity index (χ2v) is 4.86. The second-order valence-electron chi connectivity index (χ2n) is 4.86. The summed E-state index contributed by atoms with van der Waals surface area (Å²) >= 11 is 0. The summed E-state index contributed by atoms with van der Waals surface area (Å²) in [5.74, 6) is 0.145. The van der Waals surface area contributed by atoms with Gasteiger partial charge < -0.3 is 9.84 Å². The molecule has 1 fully saturated rings. The number of hydrogen-bond acceptors (Lipinski definition) is 2. The maximum atomic E-state index is 11.0. The van der Waals surface area contributed by atoms with Crippen molar-refractivity contribution in [3.8, 4) is 5.75 Å². The van der Waals surface area contributed by atoms with Gasteiger partial charge in [0.15, 0.2) is 0 Å². The molecule has 0 aliphatic heterocycles. The van der Waals surface area contributed by atoms with Crippen molar-refractivity contribution in [2.45, 2.75) is 38.7 Å². The molecule has 2 unspecified atom stereocenters. The van der Waals surface area contributed by atoms with Crippen LogP contribution < -0.4 is 4.74 Å². The van der Waals surface area contributed by atoms with E-state index in [1.54, 1.807) is 0 Å². The maximum absolute atomic E-state index is 11.0. The average molecular weight is 234 g/mol. The van der Waals surface area contributed by atoms with E-state index in [0.29, 0.717) is 0 Å². The Kier molecular flexibility index (Phi) is 3.36. The largest absolute Gasteiger partial charge is 0.491 e. The molecule has 1 aliphatic carbocycles. The van der Waals surface area contributed by atoms with E-state index >= 15 is 0 Å². The van der Waals surface area contributed by atoms with Crippen LogP contribution in [0.4, 0.5) is 0 Å². The van der Waals surface area contributed by atoms with Crippen molar-refractivity contribution >= 4 is 5.97 Å². The minimum atomic E-state index is -0.677. The average Bonchev–Trinajstić information content (AvgIpc) is 2.17. The fraction of sp³-hybridized carbons (Fsp3) is 0.500. The van der Waals surface area contributed by atoms with Gasteiger partial charge in [0.05, 0.1) is 12.0 Å². The van der Waals surface area contributed by atoms with Crippen molar-refractivity contribution in [2.75, 3.05) is 0 Å². The van der Waals surface area contributed by atoms with Crippen molar-refractivity contribution in [1.82, 2.24) is 0 Å². The molecule has 0 bridgehead atoms. The number of hydrogen-bond donors (Lipinski definition) is 1. The van der Waals surface area contributed by atoms with Gasteiger partial charge >= 0.3 is 5.97 Å². The van der Waals surface area contributed by atoms with Crippen molar-refractivity contribution in [3.05, 3.63) is 29.8 Å². The number of ether oxygens (including phenoxy) is 1. The minimum absolute atomic E-state index is 0.163. The molecule has 2 rings (SSSR count). The van der Waals surface area contributed by atoms with E-state index in [4.69, 9.17) is 9.84 Å². The summed E-state index contributed by atoms with van der Waals surface area (Å²) in [7, 11) is 0. The Hall–Kier alpha value is -1.51. The molecule has 3 nitrogen and oxygen atoms in total. The van der Waals surface area contributed by atoms with E-state index in [1.807, 2.05) is 38.1 Å². The van der Waals surface area contributed by atoms with Gasteiger partial charge in [-0.3, -0.25) is 4.79 Å². The smallest absolute Gasteiger partial charge is 0.307 e. The third kappa shape index (κ3) is 2.60. The highest BCUT2D eigenvalue weighted by Crippen LogP contribution is 2.42. The third-order valence-electron chi connectivity index (χ3n) is 3.27. The van der Waals surface area contributed by atoms with Crippen LogP contribution in [0.25, 0.3) is 0 Å². The van der Waals surface area contributed by atoms with Crippen LogP contribution in [0.1, 0.15) is 38.2 Å². The van der Waals surface area contributed by atoms with E-state index in [1.165, 1.54) is 0 Å². The van der Waals surface area contributed by atoms with Gasteiger partial charge in [-0.25, -0.2) is 0 Å². The molecule has 92 valence electrons. The molecule has 0 heterocycles. The van der Waals surface area contributed by atoms with Gasteiger partial charge in [0.2, 0.25) is 0 Å². The molecular formula is C14H18O3. The van der Waals surface area contributed by atoms with Crippen LogP contribution in [-0.4, -0.2) is 17.2 Å². The third-order valence-corrected chi connectivity index (χ3v) is 3.27. The topological polar surface area (TPSA) is 46.5 Å². The highest BCUT2D eigenvalue weighted by Gasteiger charge is 2.37. The van der Waals surface area contributed by atoms with Crippen LogP contribution in [0.3, 0.4) is 0 Å². The summed E-state index contributed by atoms with van der Waals surface area (Å²) in [6, 6.07) is 7.81. The summed E-state index contributed by atoms with van der Waals surface area (Å²) in [6.45, 7) is 3.97. The van der Waals surface area contributed by atoms with Gasteiger partial charge in [-0.2, -0.15) is 0 Å². The Balaban J connectivity index is 2.05. The van der Waals surface area contributed by atoms with Crippen LogP contribution in [0, 0.1) is 5.92 Å². The first kappa shape index (κ1) is 12.0. The first-order valence-electron chi connectivity index (χ1n) is 6.07. The molecule has 1 N–H and O–H groups in total. The van der Waals surface area contributed by atoms with Gasteiger partial charge in [0, 0.05) is 0 Å². The molecule has 0 amide bonds. The molecule has 3 heteroatoms. The van der Waals surface area contributed by atoms with E-state index in [0.717, 1.165) is 24.2 Å². The van der Waals surface area contributed by atoms with Crippen LogP contribution >= 0.6 is 0 Å². The lowest BCUT2D eigenvalue weighted by Gasteiger charge is -2.33. The molecule has 1 saturated carbocycles. The first-order valence-corrected chi connectivity index (χ1v) is 6.07. The summed E-state index contributed by atoms with van der Waals surface area (Å²) in [6.07, 6.45) is 1.93. The van der Waals surface area contributed by atoms with Gasteiger partial charge in [-0.15, -0.1) is 0 Å². The molecule has 1 aromatic rings. The zero-order chi connectivity index (χ0) is 12.4. The monoisotopic (exact) mass is 234 g/mol. The lowest BCUT2D eigenvalue weighted by Crippen LogP contribution is -2.30. The van der Waals surface area contributed by atoms with Crippen LogP contribution in [-0.2, 0) is 4.79 Å². The number of carboxylic acid groups (broad SMARTS) is 1. The Morgan fingerprint density at radius 3 is 2.35 bits per heavy atom. The molecular weight excluding hydrogens is 216 g/mol. The van der Waals surface area contributed by atoms with Gasteiger partial charge in [-0.1, -0.05) is 12.1 Å². The summed E-state index contributed by atoms with van der Waals surface area (Å²) in [4.78, 5) is 11.0. The second kappa shape index (κ2) is 4.78. The number of carbonyl (C=O) groups is 1. The van der Waals surface area contributed by atoms with Crippen molar-refractivity contribution in [2.24, 2.45) is 5.92 Å². The predicted octanol–water partition coefficient (Wildman–Crippen LogP) is 3.05.